The third kappa shape index (κ3) is 1.25. The SMILES string of the molecule is Nc1[nH]n(C2C3CC4CC(C3)CC2C4)c(=O)c1O. The van der Waals surface area contributed by atoms with Gasteiger partial charge in [-0.25, -0.2) is 4.68 Å². The standard InChI is InChI=1S/C13H19N3O2/c14-12-11(17)13(18)16(15-12)10-8-2-6-1-7(4-8)5-9(10)3-6/h6-10,15,17H,1-5,14H2. The third-order valence-electron chi connectivity index (χ3n) is 5.39. The van der Waals surface area contributed by atoms with Crippen LogP contribution in [-0.2, 0) is 0 Å². The Morgan fingerprint density at radius 1 is 1.11 bits per heavy atom. The lowest BCUT2D eigenvalue weighted by Gasteiger charge is -2.54. The van der Waals surface area contributed by atoms with Crippen LogP contribution in [0.3, 0.4) is 0 Å². The minimum absolute atomic E-state index is 0.105. The van der Waals surface area contributed by atoms with Gasteiger partial charge in [-0.1, -0.05) is 0 Å². The topological polar surface area (TPSA) is 84.0 Å². The molecule has 5 nitrogen and oxygen atoms in total. The van der Waals surface area contributed by atoms with Gasteiger partial charge in [0.05, 0.1) is 6.04 Å². The fourth-order valence-corrected chi connectivity index (χ4v) is 4.99. The number of nitrogens with one attached hydrogen (secondary N) is 1. The van der Waals surface area contributed by atoms with Crippen LogP contribution in [0.25, 0.3) is 0 Å². The second kappa shape index (κ2) is 3.33. The van der Waals surface area contributed by atoms with Crippen LogP contribution in [0.5, 0.6) is 5.75 Å². The summed E-state index contributed by atoms with van der Waals surface area (Å²) in [7, 11) is 0. The molecule has 0 radical (unpaired) electrons. The fourth-order valence-electron chi connectivity index (χ4n) is 4.99. The zero-order valence-electron chi connectivity index (χ0n) is 10.3. The van der Waals surface area contributed by atoms with Gasteiger partial charge in [0.2, 0.25) is 5.75 Å². The Kier molecular flexibility index (Phi) is 1.95. The number of nitrogens with zero attached hydrogens (tertiary/aromatic N) is 1. The molecule has 98 valence electrons. The Hall–Kier alpha value is -1.39. The van der Waals surface area contributed by atoms with Gasteiger partial charge in [0.15, 0.2) is 5.82 Å². The summed E-state index contributed by atoms with van der Waals surface area (Å²) < 4.78 is 1.61. The molecule has 0 saturated heterocycles. The lowest BCUT2D eigenvalue weighted by molar-refractivity contribution is -0.0348. The fraction of sp³-hybridized carbons (Fsp3) is 0.769. The lowest BCUT2D eigenvalue weighted by Crippen LogP contribution is -2.48. The van der Waals surface area contributed by atoms with E-state index >= 15 is 0 Å². The molecule has 4 N–H and O–H groups in total. The zero-order chi connectivity index (χ0) is 12.4. The van der Waals surface area contributed by atoms with Crippen LogP contribution < -0.4 is 11.3 Å². The number of H-pyrrole nitrogens is 1. The molecule has 0 aromatic carbocycles. The Bertz CT molecular complexity index is 517. The Balaban J connectivity index is 1.77. The van der Waals surface area contributed by atoms with Gasteiger partial charge in [-0.2, -0.15) is 0 Å². The van der Waals surface area contributed by atoms with Crippen LogP contribution in [0, 0.1) is 23.7 Å². The van der Waals surface area contributed by atoms with Crippen LogP contribution in [0.1, 0.15) is 38.1 Å². The van der Waals surface area contributed by atoms with Gasteiger partial charge >= 0.3 is 5.56 Å². The van der Waals surface area contributed by atoms with Gasteiger partial charge in [0.25, 0.3) is 0 Å². The van der Waals surface area contributed by atoms with Gasteiger partial charge < -0.3 is 10.8 Å². The molecule has 4 saturated carbocycles. The van der Waals surface area contributed by atoms with E-state index in [2.05, 4.69) is 5.10 Å². The van der Waals surface area contributed by atoms with Crippen molar-refractivity contribution in [1.29, 1.82) is 0 Å². The van der Waals surface area contributed by atoms with Crippen molar-refractivity contribution >= 4 is 5.82 Å². The Morgan fingerprint density at radius 3 is 2.11 bits per heavy atom. The van der Waals surface area contributed by atoms with E-state index in [1.807, 2.05) is 0 Å². The highest BCUT2D eigenvalue weighted by molar-refractivity contribution is 5.42. The summed E-state index contributed by atoms with van der Waals surface area (Å²) in [5.41, 5.74) is 5.27. The van der Waals surface area contributed by atoms with E-state index in [4.69, 9.17) is 5.73 Å². The second-order valence-electron chi connectivity index (χ2n) is 6.47. The van der Waals surface area contributed by atoms with Crippen molar-refractivity contribution in [2.45, 2.75) is 38.1 Å². The quantitative estimate of drug-likeness (QED) is 0.704. The number of nitrogens with two attached hydrogens (primary N) is 1. The minimum Gasteiger partial charge on any atom is -0.500 e. The summed E-state index contributed by atoms with van der Waals surface area (Å²) in [5.74, 6) is 2.73. The first-order valence-corrected chi connectivity index (χ1v) is 6.92. The van der Waals surface area contributed by atoms with Crippen LogP contribution in [0.4, 0.5) is 5.82 Å². The number of aromatic nitrogens is 2. The molecule has 0 spiro atoms. The maximum absolute atomic E-state index is 12.0. The van der Waals surface area contributed by atoms with Gasteiger partial charge in [-0.3, -0.25) is 9.89 Å². The molecule has 4 fully saturated rings. The molecular weight excluding hydrogens is 230 g/mol. The summed E-state index contributed by atoms with van der Waals surface area (Å²) in [6, 6.07) is 0.230. The van der Waals surface area contributed by atoms with Crippen LogP contribution >= 0.6 is 0 Å². The number of aromatic hydroxyl groups is 1. The van der Waals surface area contributed by atoms with Crippen LogP contribution in [0.15, 0.2) is 4.79 Å². The first kappa shape index (κ1) is 10.5. The van der Waals surface area contributed by atoms with E-state index in [1.54, 1.807) is 4.68 Å². The van der Waals surface area contributed by atoms with Gasteiger partial charge in [0.1, 0.15) is 0 Å². The molecule has 0 unspecified atom stereocenters. The molecule has 18 heavy (non-hydrogen) atoms. The maximum atomic E-state index is 12.0. The molecule has 0 atom stereocenters. The van der Waals surface area contributed by atoms with Gasteiger partial charge in [-0.05, 0) is 55.8 Å². The summed E-state index contributed by atoms with van der Waals surface area (Å²) in [5, 5.41) is 12.5. The molecule has 5 heteroatoms. The summed E-state index contributed by atoms with van der Waals surface area (Å²) >= 11 is 0. The molecule has 4 aliphatic rings. The highest BCUT2D eigenvalue weighted by Gasteiger charge is 2.49. The van der Waals surface area contributed by atoms with Crippen molar-refractivity contribution < 1.29 is 5.11 Å². The smallest absolute Gasteiger partial charge is 0.311 e. The van der Waals surface area contributed by atoms with Gasteiger partial charge in [-0.15, -0.1) is 0 Å². The first-order valence-electron chi connectivity index (χ1n) is 6.92. The highest BCUT2D eigenvalue weighted by Crippen LogP contribution is 2.57. The summed E-state index contributed by atoms with van der Waals surface area (Å²) in [4.78, 5) is 12.0. The van der Waals surface area contributed by atoms with E-state index < -0.39 is 0 Å². The number of aromatic amines is 1. The molecule has 5 rings (SSSR count). The molecule has 1 heterocycles. The molecular formula is C13H19N3O2. The average Bonchev–Trinajstić information content (AvgIpc) is 2.56. The normalized spacial score (nSPS) is 41.4. The first-order chi connectivity index (χ1) is 8.63. The van der Waals surface area contributed by atoms with E-state index in [0.29, 0.717) is 11.8 Å². The van der Waals surface area contributed by atoms with E-state index in [0.717, 1.165) is 11.8 Å². The van der Waals surface area contributed by atoms with Crippen molar-refractivity contribution in [3.8, 4) is 5.75 Å². The number of rotatable bonds is 1. The number of nitrogen functional groups attached to an aromatic ring is 1. The minimum atomic E-state index is -0.343. The van der Waals surface area contributed by atoms with E-state index in [9.17, 15) is 9.90 Å². The highest BCUT2D eigenvalue weighted by atomic mass is 16.3. The lowest BCUT2D eigenvalue weighted by atomic mass is 9.54. The predicted molar refractivity (Wildman–Crippen MR) is 67.2 cm³/mol. The van der Waals surface area contributed by atoms with Crippen LogP contribution in [-0.4, -0.2) is 14.9 Å². The zero-order valence-corrected chi connectivity index (χ0v) is 10.3. The molecule has 0 aliphatic heterocycles. The third-order valence-corrected chi connectivity index (χ3v) is 5.39. The number of anilines is 1. The van der Waals surface area contributed by atoms with Gasteiger partial charge in [0, 0.05) is 0 Å². The Morgan fingerprint density at radius 2 is 1.67 bits per heavy atom. The summed E-state index contributed by atoms with van der Waals surface area (Å²) in [6.45, 7) is 0. The van der Waals surface area contributed by atoms with Crippen molar-refractivity contribution in [2.75, 3.05) is 5.73 Å². The predicted octanol–water partition coefficient (Wildman–Crippen LogP) is 1.46. The van der Waals surface area contributed by atoms with Crippen molar-refractivity contribution in [3.63, 3.8) is 0 Å². The summed E-state index contributed by atoms with van der Waals surface area (Å²) in [6.07, 6.45) is 6.36. The van der Waals surface area contributed by atoms with Crippen molar-refractivity contribution in [2.24, 2.45) is 23.7 Å². The van der Waals surface area contributed by atoms with Crippen molar-refractivity contribution in [1.82, 2.24) is 9.78 Å². The molecule has 1 aromatic heterocycles. The van der Waals surface area contributed by atoms with E-state index in [-0.39, 0.29) is 23.2 Å². The largest absolute Gasteiger partial charge is 0.500 e. The Labute approximate surface area is 105 Å². The molecule has 0 amide bonds. The molecule has 4 aliphatic carbocycles. The number of hydrogen-bond donors (Lipinski definition) is 3. The molecule has 4 bridgehead atoms. The average molecular weight is 249 g/mol. The van der Waals surface area contributed by atoms with E-state index in [1.165, 1.54) is 32.1 Å². The number of hydrogen-bond acceptors (Lipinski definition) is 3. The maximum Gasteiger partial charge on any atom is 0.311 e. The molecule has 1 aromatic rings. The second-order valence-corrected chi connectivity index (χ2v) is 6.47. The monoisotopic (exact) mass is 249 g/mol. The van der Waals surface area contributed by atoms with Crippen molar-refractivity contribution in [3.05, 3.63) is 10.4 Å². The van der Waals surface area contributed by atoms with Crippen LogP contribution in [0.2, 0.25) is 0 Å².